The third-order valence-corrected chi connectivity index (χ3v) is 4.23. The van der Waals surface area contributed by atoms with E-state index in [1.807, 2.05) is 25.1 Å². The first kappa shape index (κ1) is 18.7. The number of nitrogens with one attached hydrogen (secondary N) is 2. The molecule has 0 unspecified atom stereocenters. The predicted octanol–water partition coefficient (Wildman–Crippen LogP) is 2.39. The van der Waals surface area contributed by atoms with Gasteiger partial charge in [0, 0.05) is 19.0 Å². The SMILES string of the molecule is CCc1nc(C(=O)N[C@H]2CCCNC2)nn1-c1ccccc1Cl.Cl. The Balaban J connectivity index is 0.00000208. The van der Waals surface area contributed by atoms with Gasteiger partial charge in [0.25, 0.3) is 5.91 Å². The van der Waals surface area contributed by atoms with Gasteiger partial charge in [-0.1, -0.05) is 30.7 Å². The lowest BCUT2D eigenvalue weighted by atomic mass is 10.1. The second kappa shape index (κ2) is 8.46. The summed E-state index contributed by atoms with van der Waals surface area (Å²) >= 11 is 6.23. The molecule has 1 aliphatic rings. The number of aromatic nitrogens is 3. The smallest absolute Gasteiger partial charge is 0.291 e. The zero-order valence-corrected chi connectivity index (χ0v) is 15.0. The number of benzene rings is 1. The molecule has 6 nitrogen and oxygen atoms in total. The molecule has 8 heteroatoms. The van der Waals surface area contributed by atoms with Gasteiger partial charge in [-0.2, -0.15) is 0 Å². The van der Waals surface area contributed by atoms with Crippen LogP contribution in [0.3, 0.4) is 0 Å². The van der Waals surface area contributed by atoms with Gasteiger partial charge in [0.05, 0.1) is 10.7 Å². The van der Waals surface area contributed by atoms with Crippen LogP contribution in [-0.4, -0.2) is 39.8 Å². The van der Waals surface area contributed by atoms with E-state index in [2.05, 4.69) is 20.7 Å². The number of carbonyl (C=O) groups is 1. The topological polar surface area (TPSA) is 71.8 Å². The summed E-state index contributed by atoms with van der Waals surface area (Å²) in [6.07, 6.45) is 2.70. The fourth-order valence-corrected chi connectivity index (χ4v) is 2.93. The van der Waals surface area contributed by atoms with E-state index in [-0.39, 0.29) is 30.2 Å². The normalized spacial score (nSPS) is 17.2. The van der Waals surface area contributed by atoms with Crippen LogP contribution in [0.1, 0.15) is 36.2 Å². The number of amides is 1. The first-order valence-corrected chi connectivity index (χ1v) is 8.29. The molecule has 2 N–H and O–H groups in total. The number of rotatable bonds is 4. The molecule has 2 heterocycles. The molecule has 1 saturated heterocycles. The Bertz CT molecular complexity index is 698. The molecular formula is C16H21Cl2N5O. The number of piperidine rings is 1. The van der Waals surface area contributed by atoms with Crippen LogP contribution in [0.2, 0.25) is 5.02 Å². The number of aryl methyl sites for hydroxylation is 1. The van der Waals surface area contributed by atoms with Crippen molar-refractivity contribution in [1.82, 2.24) is 25.4 Å². The lowest BCUT2D eigenvalue weighted by Gasteiger charge is -2.23. The number of carbonyl (C=O) groups excluding carboxylic acids is 1. The standard InChI is InChI=1S/C16H20ClN5O.ClH/c1-2-14-20-15(16(23)19-11-6-5-9-18-10-11)21-22(14)13-8-4-3-7-12(13)17;/h3-4,7-8,11,18H,2,5-6,9-10H2,1H3,(H,19,23);1H/t11-;/m0./s1. The van der Waals surface area contributed by atoms with Gasteiger partial charge >= 0.3 is 0 Å². The highest BCUT2D eigenvalue weighted by molar-refractivity contribution is 6.32. The molecule has 0 aliphatic carbocycles. The van der Waals surface area contributed by atoms with Crippen molar-refractivity contribution in [3.63, 3.8) is 0 Å². The van der Waals surface area contributed by atoms with Crippen molar-refractivity contribution in [2.75, 3.05) is 13.1 Å². The van der Waals surface area contributed by atoms with Crippen molar-refractivity contribution >= 4 is 29.9 Å². The molecule has 1 aromatic heterocycles. The van der Waals surface area contributed by atoms with E-state index in [0.29, 0.717) is 17.3 Å². The van der Waals surface area contributed by atoms with Crippen molar-refractivity contribution in [2.24, 2.45) is 0 Å². The third-order valence-electron chi connectivity index (χ3n) is 3.91. The van der Waals surface area contributed by atoms with E-state index in [1.165, 1.54) is 0 Å². The fourth-order valence-electron chi connectivity index (χ4n) is 2.71. The molecule has 1 amide bonds. The Morgan fingerprint density at radius 3 is 2.92 bits per heavy atom. The number of nitrogens with zero attached hydrogens (tertiary/aromatic N) is 3. The minimum absolute atomic E-state index is 0. The minimum Gasteiger partial charge on any atom is -0.345 e. The summed E-state index contributed by atoms with van der Waals surface area (Å²) in [5.41, 5.74) is 0.733. The fraction of sp³-hybridized carbons (Fsp3) is 0.438. The Labute approximate surface area is 152 Å². The molecular weight excluding hydrogens is 349 g/mol. The van der Waals surface area contributed by atoms with Crippen LogP contribution < -0.4 is 10.6 Å². The van der Waals surface area contributed by atoms with Crippen molar-refractivity contribution in [3.05, 3.63) is 40.9 Å². The van der Waals surface area contributed by atoms with Gasteiger partial charge in [-0.05, 0) is 31.5 Å². The van der Waals surface area contributed by atoms with Crippen LogP contribution in [0.4, 0.5) is 0 Å². The minimum atomic E-state index is -0.237. The van der Waals surface area contributed by atoms with E-state index in [1.54, 1.807) is 10.7 Å². The summed E-state index contributed by atoms with van der Waals surface area (Å²) in [6, 6.07) is 7.54. The lowest BCUT2D eigenvalue weighted by molar-refractivity contribution is 0.0920. The van der Waals surface area contributed by atoms with Gasteiger partial charge in [0.2, 0.25) is 5.82 Å². The largest absolute Gasteiger partial charge is 0.345 e. The number of hydrogen-bond acceptors (Lipinski definition) is 4. The van der Waals surface area contributed by atoms with Crippen molar-refractivity contribution in [2.45, 2.75) is 32.2 Å². The second-order valence-corrected chi connectivity index (χ2v) is 5.99. The maximum absolute atomic E-state index is 12.4. The summed E-state index contributed by atoms with van der Waals surface area (Å²) in [6.45, 7) is 3.77. The van der Waals surface area contributed by atoms with Crippen LogP contribution in [0.5, 0.6) is 0 Å². The lowest BCUT2D eigenvalue weighted by Crippen LogP contribution is -2.45. The summed E-state index contributed by atoms with van der Waals surface area (Å²) in [4.78, 5) is 16.8. The summed E-state index contributed by atoms with van der Waals surface area (Å²) in [5.74, 6) is 0.663. The van der Waals surface area contributed by atoms with Crippen LogP contribution in [-0.2, 0) is 6.42 Å². The Kier molecular flexibility index (Phi) is 6.60. The third kappa shape index (κ3) is 4.06. The van der Waals surface area contributed by atoms with Crippen LogP contribution >= 0.6 is 24.0 Å². The van der Waals surface area contributed by atoms with E-state index in [9.17, 15) is 4.79 Å². The van der Waals surface area contributed by atoms with Crippen molar-refractivity contribution in [3.8, 4) is 5.69 Å². The van der Waals surface area contributed by atoms with Gasteiger partial charge in [-0.15, -0.1) is 17.5 Å². The highest BCUT2D eigenvalue weighted by Crippen LogP contribution is 2.20. The van der Waals surface area contributed by atoms with Gasteiger partial charge in [-0.3, -0.25) is 4.79 Å². The maximum atomic E-state index is 12.4. The zero-order chi connectivity index (χ0) is 16.2. The molecule has 3 rings (SSSR count). The molecule has 0 spiro atoms. The van der Waals surface area contributed by atoms with Crippen LogP contribution in [0.25, 0.3) is 5.69 Å². The monoisotopic (exact) mass is 369 g/mol. The molecule has 1 atom stereocenters. The average molecular weight is 370 g/mol. The van der Waals surface area contributed by atoms with Crippen LogP contribution in [0.15, 0.2) is 24.3 Å². The molecule has 24 heavy (non-hydrogen) atoms. The Morgan fingerprint density at radius 2 is 2.25 bits per heavy atom. The highest BCUT2D eigenvalue weighted by atomic mass is 35.5. The summed E-state index contributed by atoms with van der Waals surface area (Å²) < 4.78 is 1.65. The molecule has 130 valence electrons. The molecule has 2 aromatic rings. The quantitative estimate of drug-likeness (QED) is 0.867. The summed E-state index contributed by atoms with van der Waals surface area (Å²) in [7, 11) is 0. The van der Waals surface area contributed by atoms with Gasteiger partial charge in [0.15, 0.2) is 0 Å². The number of para-hydroxylation sites is 1. The van der Waals surface area contributed by atoms with E-state index in [0.717, 1.165) is 31.6 Å². The second-order valence-electron chi connectivity index (χ2n) is 5.59. The average Bonchev–Trinajstić information content (AvgIpc) is 3.00. The maximum Gasteiger partial charge on any atom is 0.291 e. The van der Waals surface area contributed by atoms with Crippen LogP contribution in [0, 0.1) is 0 Å². The number of halogens is 2. The van der Waals surface area contributed by atoms with Gasteiger partial charge < -0.3 is 10.6 Å². The zero-order valence-electron chi connectivity index (χ0n) is 13.5. The molecule has 0 radical (unpaired) electrons. The molecule has 1 fully saturated rings. The highest BCUT2D eigenvalue weighted by Gasteiger charge is 2.21. The van der Waals surface area contributed by atoms with Crippen molar-refractivity contribution < 1.29 is 4.79 Å². The molecule has 0 bridgehead atoms. The Morgan fingerprint density at radius 1 is 1.46 bits per heavy atom. The van der Waals surface area contributed by atoms with E-state index >= 15 is 0 Å². The first-order valence-electron chi connectivity index (χ1n) is 7.91. The number of hydrogen-bond donors (Lipinski definition) is 2. The molecule has 1 aliphatic heterocycles. The van der Waals surface area contributed by atoms with E-state index < -0.39 is 0 Å². The molecule has 0 saturated carbocycles. The van der Waals surface area contributed by atoms with Gasteiger partial charge in [-0.25, -0.2) is 9.67 Å². The Hall–Kier alpha value is -1.63. The predicted molar refractivity (Wildman–Crippen MR) is 96.4 cm³/mol. The summed E-state index contributed by atoms with van der Waals surface area (Å²) in [5, 5.41) is 11.2. The van der Waals surface area contributed by atoms with Gasteiger partial charge in [0.1, 0.15) is 5.82 Å². The van der Waals surface area contributed by atoms with Crippen molar-refractivity contribution in [1.29, 1.82) is 0 Å². The van der Waals surface area contributed by atoms with E-state index in [4.69, 9.17) is 11.6 Å². The molecule has 1 aromatic carbocycles. The first-order chi connectivity index (χ1) is 11.2.